The van der Waals surface area contributed by atoms with E-state index in [4.69, 9.17) is 0 Å². The van der Waals surface area contributed by atoms with Crippen LogP contribution in [0.5, 0.6) is 0 Å². The first-order chi connectivity index (χ1) is 14.2. The lowest BCUT2D eigenvalue weighted by Crippen LogP contribution is -2.63. The van der Waals surface area contributed by atoms with Crippen LogP contribution < -0.4 is 15.1 Å². The van der Waals surface area contributed by atoms with Gasteiger partial charge in [0.15, 0.2) is 0 Å². The number of carbonyl (C=O) groups excluding carboxylic acids is 2. The Kier molecular flexibility index (Phi) is 3.77. The maximum absolute atomic E-state index is 13.9. The van der Waals surface area contributed by atoms with Gasteiger partial charge in [0.25, 0.3) is 11.8 Å². The van der Waals surface area contributed by atoms with Crippen LogP contribution in [0.2, 0.25) is 0 Å². The van der Waals surface area contributed by atoms with Crippen LogP contribution in [-0.2, 0) is 10.5 Å². The molecule has 2 amide bonds. The van der Waals surface area contributed by atoms with E-state index in [-0.39, 0.29) is 11.8 Å². The monoisotopic (exact) mass is 381 g/mol. The van der Waals surface area contributed by atoms with Gasteiger partial charge >= 0.3 is 0 Å². The Morgan fingerprint density at radius 2 is 1.59 bits per heavy atom. The van der Waals surface area contributed by atoms with Crippen LogP contribution in [0.15, 0.2) is 91.5 Å². The number of anilines is 3. The zero-order valence-electron chi connectivity index (χ0n) is 15.7. The highest BCUT2D eigenvalue weighted by atomic mass is 16.2. The summed E-state index contributed by atoms with van der Waals surface area (Å²) in [5.41, 5.74) is 2.01. The van der Waals surface area contributed by atoms with Gasteiger partial charge in [-0.15, -0.1) is 6.58 Å². The van der Waals surface area contributed by atoms with Gasteiger partial charge in [0.05, 0.1) is 11.3 Å². The van der Waals surface area contributed by atoms with Gasteiger partial charge in [-0.3, -0.25) is 14.5 Å². The Morgan fingerprint density at radius 1 is 0.897 bits per heavy atom. The van der Waals surface area contributed by atoms with E-state index in [1.807, 2.05) is 72.8 Å². The van der Waals surface area contributed by atoms with Gasteiger partial charge < -0.3 is 10.2 Å². The maximum atomic E-state index is 13.9. The minimum Gasteiger partial charge on any atom is -0.350 e. The molecule has 3 aromatic rings. The van der Waals surface area contributed by atoms with Crippen molar-refractivity contribution in [3.8, 4) is 0 Å². The largest absolute Gasteiger partial charge is 0.350 e. The van der Waals surface area contributed by atoms with E-state index < -0.39 is 5.66 Å². The highest BCUT2D eigenvalue weighted by Gasteiger charge is 2.59. The zero-order chi connectivity index (χ0) is 20.0. The van der Waals surface area contributed by atoms with Crippen molar-refractivity contribution in [2.45, 2.75) is 5.66 Å². The average molecular weight is 381 g/mol. The molecule has 5 nitrogen and oxygen atoms in total. The number of rotatable bonds is 3. The fourth-order valence-electron chi connectivity index (χ4n) is 4.27. The molecule has 0 saturated heterocycles. The molecule has 0 bridgehead atoms. The van der Waals surface area contributed by atoms with Crippen molar-refractivity contribution in [3.63, 3.8) is 0 Å². The molecule has 29 heavy (non-hydrogen) atoms. The summed E-state index contributed by atoms with van der Waals surface area (Å²) in [5, 5.41) is 3.43. The Labute approximate surface area is 168 Å². The fourth-order valence-corrected chi connectivity index (χ4v) is 4.27. The summed E-state index contributed by atoms with van der Waals surface area (Å²) < 4.78 is 0. The van der Waals surface area contributed by atoms with Crippen LogP contribution in [0, 0.1) is 0 Å². The van der Waals surface area contributed by atoms with Crippen molar-refractivity contribution in [3.05, 3.63) is 103 Å². The molecule has 142 valence electrons. The smallest absolute Gasteiger partial charge is 0.279 e. The van der Waals surface area contributed by atoms with Crippen LogP contribution in [0.4, 0.5) is 17.1 Å². The topological polar surface area (TPSA) is 52.7 Å². The van der Waals surface area contributed by atoms with E-state index in [0.717, 1.165) is 11.3 Å². The van der Waals surface area contributed by atoms with Crippen molar-refractivity contribution >= 4 is 28.9 Å². The molecule has 0 aromatic heterocycles. The molecule has 0 saturated carbocycles. The standard InChI is InChI=1S/C24H19N3O2/c1-2-16-26-21-15-9-7-13-19(21)24(23(26)29)25-20-14-8-6-12-18(20)22(28)27(24)17-10-4-3-5-11-17/h2-15,25H,1,16H2/t24-/m0/s1. The third-order valence-corrected chi connectivity index (χ3v) is 5.48. The minimum absolute atomic E-state index is 0.203. The molecular formula is C24H19N3O2. The molecule has 0 fully saturated rings. The predicted octanol–water partition coefficient (Wildman–Crippen LogP) is 4.14. The lowest BCUT2D eigenvalue weighted by molar-refractivity contribution is -0.122. The SMILES string of the molecule is C=CCN1C(=O)[C@]2(Nc3ccccc3C(=O)N2c2ccccc2)c2ccccc21. The third-order valence-electron chi connectivity index (χ3n) is 5.48. The van der Waals surface area contributed by atoms with Crippen molar-refractivity contribution in [2.75, 3.05) is 21.7 Å². The molecule has 5 rings (SSSR count). The lowest BCUT2D eigenvalue weighted by atomic mass is 9.92. The van der Waals surface area contributed by atoms with Crippen molar-refractivity contribution in [1.82, 2.24) is 0 Å². The molecule has 0 radical (unpaired) electrons. The van der Waals surface area contributed by atoms with Crippen LogP contribution in [0.25, 0.3) is 0 Å². The number of nitrogens with one attached hydrogen (secondary N) is 1. The van der Waals surface area contributed by atoms with Crippen molar-refractivity contribution in [2.24, 2.45) is 0 Å². The summed E-state index contributed by atoms with van der Waals surface area (Å²) >= 11 is 0. The number of benzene rings is 3. The molecule has 0 aliphatic carbocycles. The summed E-state index contributed by atoms with van der Waals surface area (Å²) in [7, 11) is 0. The van der Waals surface area contributed by atoms with Crippen LogP contribution >= 0.6 is 0 Å². The first kappa shape index (κ1) is 17.3. The molecule has 2 aliphatic rings. The van der Waals surface area contributed by atoms with E-state index in [0.29, 0.717) is 23.5 Å². The second kappa shape index (κ2) is 6.34. The van der Waals surface area contributed by atoms with Crippen molar-refractivity contribution in [1.29, 1.82) is 0 Å². The van der Waals surface area contributed by atoms with Gasteiger partial charge in [0.1, 0.15) is 0 Å². The van der Waals surface area contributed by atoms with Gasteiger partial charge in [-0.25, -0.2) is 0 Å². The number of para-hydroxylation sites is 3. The van der Waals surface area contributed by atoms with Gasteiger partial charge in [0, 0.05) is 23.5 Å². The summed E-state index contributed by atoms with van der Waals surface area (Å²) in [6.45, 7) is 4.16. The van der Waals surface area contributed by atoms with E-state index in [1.54, 1.807) is 21.9 Å². The summed E-state index contributed by atoms with van der Waals surface area (Å²) in [6.07, 6.45) is 1.69. The first-order valence-corrected chi connectivity index (χ1v) is 9.47. The summed E-state index contributed by atoms with van der Waals surface area (Å²) in [6, 6.07) is 24.2. The normalized spacial score (nSPS) is 19.7. The molecule has 2 aliphatic heterocycles. The number of carbonyl (C=O) groups is 2. The minimum atomic E-state index is -1.35. The third kappa shape index (κ3) is 2.27. The molecule has 3 aromatic carbocycles. The van der Waals surface area contributed by atoms with Crippen LogP contribution in [0.1, 0.15) is 15.9 Å². The molecule has 1 spiro atoms. The van der Waals surface area contributed by atoms with Gasteiger partial charge in [-0.2, -0.15) is 0 Å². The summed E-state index contributed by atoms with van der Waals surface area (Å²) in [4.78, 5) is 30.8. The molecule has 5 heteroatoms. The molecule has 0 unspecified atom stereocenters. The number of amides is 2. The lowest BCUT2D eigenvalue weighted by Gasteiger charge is -2.45. The van der Waals surface area contributed by atoms with Crippen LogP contribution in [-0.4, -0.2) is 18.4 Å². The Hall–Kier alpha value is -3.86. The second-order valence-corrected chi connectivity index (χ2v) is 7.08. The quantitative estimate of drug-likeness (QED) is 0.694. The summed E-state index contributed by atoms with van der Waals surface area (Å²) in [5.74, 6) is -0.417. The molecular weight excluding hydrogens is 362 g/mol. The number of fused-ring (bicyclic) bond motifs is 3. The maximum Gasteiger partial charge on any atom is 0.279 e. The van der Waals surface area contributed by atoms with E-state index in [9.17, 15) is 9.59 Å². The molecule has 2 heterocycles. The van der Waals surface area contributed by atoms with Gasteiger partial charge in [0.2, 0.25) is 5.66 Å². The number of hydrogen-bond acceptors (Lipinski definition) is 3. The highest BCUT2D eigenvalue weighted by molar-refractivity contribution is 6.22. The first-order valence-electron chi connectivity index (χ1n) is 9.47. The Morgan fingerprint density at radius 3 is 2.38 bits per heavy atom. The predicted molar refractivity (Wildman–Crippen MR) is 114 cm³/mol. The zero-order valence-corrected chi connectivity index (χ0v) is 15.7. The van der Waals surface area contributed by atoms with Crippen LogP contribution in [0.3, 0.4) is 0 Å². The fraction of sp³-hybridized carbons (Fsp3) is 0.0833. The number of hydrogen-bond donors (Lipinski definition) is 1. The van der Waals surface area contributed by atoms with E-state index in [1.165, 1.54) is 0 Å². The Balaban J connectivity index is 1.82. The van der Waals surface area contributed by atoms with E-state index >= 15 is 0 Å². The van der Waals surface area contributed by atoms with Gasteiger partial charge in [-0.1, -0.05) is 54.6 Å². The van der Waals surface area contributed by atoms with Crippen molar-refractivity contribution < 1.29 is 9.59 Å². The molecule has 1 atom stereocenters. The second-order valence-electron chi connectivity index (χ2n) is 7.08. The number of nitrogens with zero attached hydrogens (tertiary/aromatic N) is 2. The Bertz CT molecular complexity index is 1140. The van der Waals surface area contributed by atoms with E-state index in [2.05, 4.69) is 11.9 Å². The highest BCUT2D eigenvalue weighted by Crippen LogP contribution is 2.49. The molecule has 1 N–H and O–H groups in total. The van der Waals surface area contributed by atoms with Gasteiger partial charge in [-0.05, 0) is 30.3 Å². The average Bonchev–Trinajstić information content (AvgIpc) is 2.98.